The Hall–Kier alpha value is -2.65. The maximum absolute atomic E-state index is 12.7. The number of terminal acetylenes is 1. The van der Waals surface area contributed by atoms with Gasteiger partial charge < -0.3 is 19.5 Å². The van der Waals surface area contributed by atoms with Gasteiger partial charge in [0.05, 0.1) is 32.0 Å². The van der Waals surface area contributed by atoms with E-state index in [4.69, 9.17) is 21.0 Å². The Morgan fingerprint density at radius 1 is 1.19 bits per heavy atom. The van der Waals surface area contributed by atoms with E-state index in [1.165, 1.54) is 0 Å². The van der Waals surface area contributed by atoms with Crippen LogP contribution in [0.5, 0.6) is 11.5 Å². The van der Waals surface area contributed by atoms with Gasteiger partial charge in [0.2, 0.25) is 0 Å². The van der Waals surface area contributed by atoms with Gasteiger partial charge in [-0.05, 0) is 31.2 Å². The van der Waals surface area contributed by atoms with E-state index in [1.807, 2.05) is 12.1 Å². The Bertz CT molecular complexity index is 905. The number of rotatable bonds is 6. The Labute approximate surface area is 159 Å². The molecule has 27 heavy (non-hydrogen) atoms. The fourth-order valence-corrected chi connectivity index (χ4v) is 3.85. The minimum atomic E-state index is -0.125. The van der Waals surface area contributed by atoms with Crippen LogP contribution in [-0.2, 0) is 6.54 Å². The van der Waals surface area contributed by atoms with Crippen LogP contribution in [0.1, 0.15) is 19.3 Å². The molecule has 0 radical (unpaired) electrons. The second kappa shape index (κ2) is 8.36. The van der Waals surface area contributed by atoms with Crippen LogP contribution in [-0.4, -0.2) is 43.6 Å². The molecule has 6 heteroatoms. The zero-order valence-corrected chi connectivity index (χ0v) is 15.9. The molecule has 0 spiro atoms. The molecule has 1 aliphatic heterocycles. The first-order valence-electron chi connectivity index (χ1n) is 9.21. The SMILES string of the molecule is C#CCn1c(=O)cc(N2CCC(CCO)CC2)c2cc(OC)c(OC)cc21. The van der Waals surface area contributed by atoms with Gasteiger partial charge in [-0.25, -0.2) is 0 Å². The van der Waals surface area contributed by atoms with Crippen LogP contribution in [0.2, 0.25) is 0 Å². The smallest absolute Gasteiger partial charge is 0.253 e. The first-order valence-corrected chi connectivity index (χ1v) is 9.21. The van der Waals surface area contributed by atoms with E-state index in [0.29, 0.717) is 17.4 Å². The number of benzene rings is 1. The maximum atomic E-state index is 12.7. The Kier molecular flexibility index (Phi) is 5.92. The summed E-state index contributed by atoms with van der Waals surface area (Å²) < 4.78 is 12.5. The quantitative estimate of drug-likeness (QED) is 0.790. The molecule has 0 aliphatic carbocycles. The molecular formula is C21H26N2O4. The molecule has 0 saturated carbocycles. The van der Waals surface area contributed by atoms with Crippen molar-refractivity contribution in [2.45, 2.75) is 25.8 Å². The van der Waals surface area contributed by atoms with E-state index < -0.39 is 0 Å². The van der Waals surface area contributed by atoms with Crippen LogP contribution in [0.15, 0.2) is 23.0 Å². The molecule has 0 atom stereocenters. The van der Waals surface area contributed by atoms with Crippen molar-refractivity contribution < 1.29 is 14.6 Å². The number of aliphatic hydroxyl groups is 1. The van der Waals surface area contributed by atoms with Gasteiger partial charge >= 0.3 is 0 Å². The van der Waals surface area contributed by atoms with Gasteiger partial charge in [-0.15, -0.1) is 6.42 Å². The lowest BCUT2D eigenvalue weighted by Crippen LogP contribution is -2.35. The highest BCUT2D eigenvalue weighted by Crippen LogP contribution is 2.37. The zero-order chi connectivity index (χ0) is 19.4. The normalized spacial score (nSPS) is 15.0. The molecule has 6 nitrogen and oxygen atoms in total. The van der Waals surface area contributed by atoms with E-state index in [9.17, 15) is 4.79 Å². The molecule has 1 aliphatic rings. The second-order valence-electron chi connectivity index (χ2n) is 6.83. The minimum Gasteiger partial charge on any atom is -0.493 e. The number of hydrogen-bond acceptors (Lipinski definition) is 5. The van der Waals surface area contributed by atoms with Crippen molar-refractivity contribution in [3.63, 3.8) is 0 Å². The zero-order valence-electron chi connectivity index (χ0n) is 15.9. The van der Waals surface area contributed by atoms with Gasteiger partial charge in [0.25, 0.3) is 5.56 Å². The number of ether oxygens (including phenoxy) is 2. The molecule has 0 bridgehead atoms. The third-order valence-electron chi connectivity index (χ3n) is 5.34. The number of nitrogens with zero attached hydrogens (tertiary/aromatic N) is 2. The molecule has 1 aromatic heterocycles. The number of fused-ring (bicyclic) bond motifs is 1. The topological polar surface area (TPSA) is 63.9 Å². The first kappa shape index (κ1) is 19.1. The van der Waals surface area contributed by atoms with Crippen molar-refractivity contribution in [2.24, 2.45) is 5.92 Å². The van der Waals surface area contributed by atoms with Crippen LogP contribution in [0.25, 0.3) is 10.9 Å². The molecule has 2 heterocycles. The number of anilines is 1. The monoisotopic (exact) mass is 370 g/mol. The molecule has 144 valence electrons. The summed E-state index contributed by atoms with van der Waals surface area (Å²) in [6, 6.07) is 5.39. The van der Waals surface area contributed by atoms with Crippen LogP contribution in [0.4, 0.5) is 5.69 Å². The van der Waals surface area contributed by atoms with Gasteiger partial charge in [0, 0.05) is 37.2 Å². The predicted molar refractivity (Wildman–Crippen MR) is 107 cm³/mol. The summed E-state index contributed by atoms with van der Waals surface area (Å²) in [7, 11) is 3.17. The molecule has 1 saturated heterocycles. The number of hydrogen-bond donors (Lipinski definition) is 1. The van der Waals surface area contributed by atoms with E-state index in [2.05, 4.69) is 10.8 Å². The molecule has 1 fully saturated rings. The maximum Gasteiger partial charge on any atom is 0.253 e. The van der Waals surface area contributed by atoms with Gasteiger partial charge in [-0.1, -0.05) is 5.92 Å². The molecule has 2 aromatic rings. The summed E-state index contributed by atoms with van der Waals surface area (Å²) >= 11 is 0. The van der Waals surface area contributed by atoms with Crippen molar-refractivity contribution >= 4 is 16.6 Å². The van der Waals surface area contributed by atoms with Crippen LogP contribution in [0, 0.1) is 18.3 Å². The number of piperidine rings is 1. The number of pyridine rings is 1. The van der Waals surface area contributed by atoms with E-state index in [1.54, 1.807) is 24.9 Å². The minimum absolute atomic E-state index is 0.125. The third kappa shape index (κ3) is 3.74. The first-order chi connectivity index (χ1) is 13.1. The van der Waals surface area contributed by atoms with Crippen molar-refractivity contribution in [1.82, 2.24) is 4.57 Å². The lowest BCUT2D eigenvalue weighted by Gasteiger charge is -2.34. The molecule has 1 aromatic carbocycles. The summed E-state index contributed by atoms with van der Waals surface area (Å²) in [6.45, 7) is 2.13. The molecular weight excluding hydrogens is 344 g/mol. The summed E-state index contributed by atoms with van der Waals surface area (Å²) in [4.78, 5) is 15.0. The summed E-state index contributed by atoms with van der Waals surface area (Å²) in [6.07, 6.45) is 8.32. The standard InChI is InChI=1S/C21H26N2O4/c1-4-8-23-18-13-20(27-3)19(26-2)12-16(18)17(14-21(23)25)22-9-5-15(6-10-22)7-11-24/h1,12-15,24H,5-11H2,2-3H3. The van der Waals surface area contributed by atoms with E-state index in [0.717, 1.165) is 48.9 Å². The predicted octanol–water partition coefficient (Wildman–Crippen LogP) is 2.25. The highest BCUT2D eigenvalue weighted by molar-refractivity contribution is 5.94. The lowest BCUT2D eigenvalue weighted by molar-refractivity contribution is 0.240. The molecule has 3 rings (SSSR count). The van der Waals surface area contributed by atoms with Crippen LogP contribution < -0.4 is 19.9 Å². The fourth-order valence-electron chi connectivity index (χ4n) is 3.85. The van der Waals surface area contributed by atoms with Crippen LogP contribution in [0.3, 0.4) is 0 Å². The number of aliphatic hydroxyl groups excluding tert-OH is 1. The molecule has 0 amide bonds. The van der Waals surface area contributed by atoms with Gasteiger partial charge in [0.1, 0.15) is 0 Å². The Balaban J connectivity index is 2.12. The summed E-state index contributed by atoms with van der Waals surface area (Å²) in [5.41, 5.74) is 1.51. The van der Waals surface area contributed by atoms with Gasteiger partial charge in [-0.2, -0.15) is 0 Å². The molecule has 1 N–H and O–H groups in total. The van der Waals surface area contributed by atoms with Crippen molar-refractivity contribution in [3.8, 4) is 23.8 Å². The van der Waals surface area contributed by atoms with Crippen LogP contribution >= 0.6 is 0 Å². The third-order valence-corrected chi connectivity index (χ3v) is 5.34. The largest absolute Gasteiger partial charge is 0.493 e. The average molecular weight is 370 g/mol. The lowest BCUT2D eigenvalue weighted by atomic mass is 9.93. The van der Waals surface area contributed by atoms with Gasteiger partial charge in [0.15, 0.2) is 11.5 Å². The summed E-state index contributed by atoms with van der Waals surface area (Å²) in [5.74, 6) is 4.27. The van der Waals surface area contributed by atoms with Crippen molar-refractivity contribution in [1.29, 1.82) is 0 Å². The average Bonchev–Trinajstić information content (AvgIpc) is 2.69. The highest BCUT2D eigenvalue weighted by Gasteiger charge is 2.22. The number of methoxy groups -OCH3 is 2. The van der Waals surface area contributed by atoms with Crippen molar-refractivity contribution in [2.75, 3.05) is 38.8 Å². The summed E-state index contributed by atoms with van der Waals surface area (Å²) in [5, 5.41) is 10.1. The number of aromatic nitrogens is 1. The van der Waals surface area contributed by atoms with Crippen molar-refractivity contribution in [3.05, 3.63) is 28.6 Å². The fraction of sp³-hybridized carbons (Fsp3) is 0.476. The Morgan fingerprint density at radius 2 is 1.85 bits per heavy atom. The molecule has 0 unspecified atom stereocenters. The van der Waals surface area contributed by atoms with Gasteiger partial charge in [-0.3, -0.25) is 9.36 Å². The second-order valence-corrected chi connectivity index (χ2v) is 6.83. The highest BCUT2D eigenvalue weighted by atomic mass is 16.5. The Morgan fingerprint density at radius 3 is 2.44 bits per heavy atom. The van der Waals surface area contributed by atoms with E-state index in [-0.39, 0.29) is 18.7 Å². The van der Waals surface area contributed by atoms with E-state index >= 15 is 0 Å².